The smallest absolute Gasteiger partial charge is 0.133 e. The molecule has 0 saturated carbocycles. The van der Waals surface area contributed by atoms with Gasteiger partial charge >= 0.3 is 0 Å². The van der Waals surface area contributed by atoms with Crippen molar-refractivity contribution in [3.05, 3.63) is 22.7 Å². The van der Waals surface area contributed by atoms with Crippen molar-refractivity contribution in [1.29, 1.82) is 0 Å². The fourth-order valence-electron chi connectivity index (χ4n) is 1.88. The Morgan fingerprint density at radius 2 is 1.90 bits per heavy atom. The van der Waals surface area contributed by atoms with Crippen molar-refractivity contribution >= 4 is 15.9 Å². The van der Waals surface area contributed by atoms with Crippen molar-refractivity contribution in [2.75, 3.05) is 20.3 Å². The molecule has 114 valence electrons. The van der Waals surface area contributed by atoms with E-state index in [0.717, 1.165) is 35.5 Å². The van der Waals surface area contributed by atoms with Gasteiger partial charge in [0.15, 0.2) is 0 Å². The second kappa shape index (κ2) is 10.1. The number of nitrogens with one attached hydrogen (secondary N) is 1. The summed E-state index contributed by atoms with van der Waals surface area (Å²) in [5.41, 5.74) is 0. The zero-order chi connectivity index (χ0) is 14.8. The molecule has 0 aliphatic rings. The fourth-order valence-corrected chi connectivity index (χ4v) is 2.35. The Hall–Kier alpha value is -0.740. The number of hydrogen-bond donors (Lipinski definition) is 1. The summed E-state index contributed by atoms with van der Waals surface area (Å²) in [5.74, 6) is 1.72. The minimum atomic E-state index is 0.589. The molecule has 1 aromatic carbocycles. The summed E-state index contributed by atoms with van der Waals surface area (Å²) >= 11 is 3.49. The highest BCUT2D eigenvalue weighted by molar-refractivity contribution is 9.10. The van der Waals surface area contributed by atoms with Crippen LogP contribution in [0.25, 0.3) is 0 Å². The highest BCUT2D eigenvalue weighted by Crippen LogP contribution is 2.29. The molecule has 0 saturated heterocycles. The summed E-state index contributed by atoms with van der Waals surface area (Å²) < 4.78 is 11.9. The number of hydrogen-bond acceptors (Lipinski definition) is 3. The Bertz CT molecular complexity index is 383. The van der Waals surface area contributed by atoms with Crippen LogP contribution < -0.4 is 14.8 Å². The van der Waals surface area contributed by atoms with Gasteiger partial charge in [0.1, 0.15) is 11.5 Å². The van der Waals surface area contributed by atoms with Gasteiger partial charge in [0.05, 0.1) is 18.2 Å². The van der Waals surface area contributed by atoms with E-state index in [-0.39, 0.29) is 0 Å². The van der Waals surface area contributed by atoms with E-state index < -0.39 is 0 Å². The molecule has 0 aliphatic heterocycles. The average Bonchev–Trinajstić information content (AvgIpc) is 2.42. The van der Waals surface area contributed by atoms with E-state index in [1.807, 2.05) is 18.2 Å². The summed E-state index contributed by atoms with van der Waals surface area (Å²) in [6.07, 6.45) is 4.81. The van der Waals surface area contributed by atoms with E-state index >= 15 is 0 Å². The van der Waals surface area contributed by atoms with Crippen LogP contribution >= 0.6 is 15.9 Å². The second-order valence-electron chi connectivity index (χ2n) is 5.17. The SMILES string of the molecule is COc1ccc(OCCCCCCNC(C)C)c(Br)c1. The molecule has 0 aliphatic carbocycles. The van der Waals surface area contributed by atoms with Gasteiger partial charge in [-0.05, 0) is 53.5 Å². The molecule has 0 amide bonds. The third-order valence-electron chi connectivity index (χ3n) is 3.02. The lowest BCUT2D eigenvalue weighted by Crippen LogP contribution is -2.23. The van der Waals surface area contributed by atoms with Crippen LogP contribution in [0.15, 0.2) is 22.7 Å². The first kappa shape index (κ1) is 17.3. The molecule has 0 heterocycles. The van der Waals surface area contributed by atoms with Crippen molar-refractivity contribution in [3.63, 3.8) is 0 Å². The standard InChI is InChI=1S/C16H26BrNO2/c1-13(2)18-10-6-4-5-7-11-20-16-9-8-14(19-3)12-15(16)17/h8-9,12-13,18H,4-7,10-11H2,1-3H3. The van der Waals surface area contributed by atoms with Gasteiger partial charge in [0.2, 0.25) is 0 Å². The lowest BCUT2D eigenvalue weighted by atomic mass is 10.2. The number of rotatable bonds is 10. The molecule has 1 rings (SSSR count). The van der Waals surface area contributed by atoms with Crippen molar-refractivity contribution in [1.82, 2.24) is 5.32 Å². The van der Waals surface area contributed by atoms with E-state index in [2.05, 4.69) is 35.1 Å². The predicted octanol–water partition coefficient (Wildman–Crippen LogP) is 4.39. The Morgan fingerprint density at radius 3 is 2.55 bits per heavy atom. The molecule has 0 fully saturated rings. The molecule has 0 aromatic heterocycles. The normalized spacial score (nSPS) is 10.8. The van der Waals surface area contributed by atoms with Gasteiger partial charge in [-0.3, -0.25) is 0 Å². The topological polar surface area (TPSA) is 30.5 Å². The van der Waals surface area contributed by atoms with Gasteiger partial charge in [-0.15, -0.1) is 0 Å². The summed E-state index contributed by atoms with van der Waals surface area (Å²) in [4.78, 5) is 0. The number of methoxy groups -OCH3 is 1. The first-order valence-corrected chi connectivity index (χ1v) is 8.12. The number of ether oxygens (including phenoxy) is 2. The van der Waals surface area contributed by atoms with Gasteiger partial charge in [-0.1, -0.05) is 26.7 Å². The summed E-state index contributed by atoms with van der Waals surface area (Å²) in [5, 5.41) is 3.43. The third-order valence-corrected chi connectivity index (χ3v) is 3.64. The van der Waals surface area contributed by atoms with Gasteiger partial charge in [-0.25, -0.2) is 0 Å². The molecule has 0 radical (unpaired) electrons. The van der Waals surface area contributed by atoms with E-state index in [4.69, 9.17) is 9.47 Å². The number of halogens is 1. The van der Waals surface area contributed by atoms with Crippen LogP contribution in [0, 0.1) is 0 Å². The van der Waals surface area contributed by atoms with Crippen LogP contribution in [0.1, 0.15) is 39.5 Å². The Morgan fingerprint density at radius 1 is 1.15 bits per heavy atom. The minimum absolute atomic E-state index is 0.589. The second-order valence-corrected chi connectivity index (χ2v) is 6.02. The van der Waals surface area contributed by atoms with Crippen LogP contribution in [0.5, 0.6) is 11.5 Å². The zero-order valence-corrected chi connectivity index (χ0v) is 14.3. The van der Waals surface area contributed by atoms with Crippen molar-refractivity contribution in [3.8, 4) is 11.5 Å². The molecule has 1 aromatic rings. The van der Waals surface area contributed by atoms with Gasteiger partial charge in [0.25, 0.3) is 0 Å². The lowest BCUT2D eigenvalue weighted by molar-refractivity contribution is 0.302. The highest BCUT2D eigenvalue weighted by Gasteiger charge is 2.02. The summed E-state index contributed by atoms with van der Waals surface area (Å²) in [7, 11) is 1.66. The molecule has 4 heteroatoms. The molecule has 20 heavy (non-hydrogen) atoms. The Labute approximate surface area is 131 Å². The summed E-state index contributed by atoms with van der Waals surface area (Å²) in [6.45, 7) is 6.24. The largest absolute Gasteiger partial charge is 0.497 e. The van der Waals surface area contributed by atoms with Crippen LogP contribution in [0.3, 0.4) is 0 Å². The van der Waals surface area contributed by atoms with E-state index in [9.17, 15) is 0 Å². The first-order chi connectivity index (χ1) is 9.63. The Balaban J connectivity index is 2.09. The van der Waals surface area contributed by atoms with Crippen LogP contribution in [0.2, 0.25) is 0 Å². The van der Waals surface area contributed by atoms with Crippen molar-refractivity contribution < 1.29 is 9.47 Å². The molecule has 0 spiro atoms. The van der Waals surface area contributed by atoms with E-state index in [1.54, 1.807) is 7.11 Å². The van der Waals surface area contributed by atoms with E-state index in [1.165, 1.54) is 19.3 Å². The maximum atomic E-state index is 5.76. The van der Waals surface area contributed by atoms with Gasteiger partial charge in [0, 0.05) is 6.04 Å². The lowest BCUT2D eigenvalue weighted by Gasteiger charge is -2.10. The fraction of sp³-hybridized carbons (Fsp3) is 0.625. The molecular formula is C16H26BrNO2. The van der Waals surface area contributed by atoms with E-state index in [0.29, 0.717) is 6.04 Å². The maximum Gasteiger partial charge on any atom is 0.133 e. The van der Waals surface area contributed by atoms with Crippen LogP contribution in [-0.4, -0.2) is 26.3 Å². The molecule has 0 bridgehead atoms. The van der Waals surface area contributed by atoms with Gasteiger partial charge < -0.3 is 14.8 Å². The molecule has 3 nitrogen and oxygen atoms in total. The number of unbranched alkanes of at least 4 members (excludes halogenated alkanes) is 3. The van der Waals surface area contributed by atoms with Crippen LogP contribution in [0.4, 0.5) is 0 Å². The first-order valence-electron chi connectivity index (χ1n) is 7.33. The zero-order valence-electron chi connectivity index (χ0n) is 12.7. The monoisotopic (exact) mass is 343 g/mol. The highest BCUT2D eigenvalue weighted by atomic mass is 79.9. The third kappa shape index (κ3) is 7.15. The molecular weight excluding hydrogens is 318 g/mol. The quantitative estimate of drug-likeness (QED) is 0.639. The van der Waals surface area contributed by atoms with Crippen molar-refractivity contribution in [2.24, 2.45) is 0 Å². The number of benzene rings is 1. The molecule has 0 unspecified atom stereocenters. The molecule has 1 N–H and O–H groups in total. The Kier molecular flexibility index (Phi) is 8.70. The maximum absolute atomic E-state index is 5.76. The summed E-state index contributed by atoms with van der Waals surface area (Å²) in [6, 6.07) is 6.37. The molecule has 0 atom stereocenters. The minimum Gasteiger partial charge on any atom is -0.497 e. The van der Waals surface area contributed by atoms with Crippen molar-refractivity contribution in [2.45, 2.75) is 45.6 Å². The van der Waals surface area contributed by atoms with Gasteiger partial charge in [-0.2, -0.15) is 0 Å². The predicted molar refractivity (Wildman–Crippen MR) is 87.8 cm³/mol. The average molecular weight is 344 g/mol. The van der Waals surface area contributed by atoms with Crippen LogP contribution in [-0.2, 0) is 0 Å².